The number of nitrogens with zero attached hydrogens (tertiary/aromatic N) is 6. The molecule has 0 unspecified atom stereocenters. The molecule has 0 aromatic carbocycles. The van der Waals surface area contributed by atoms with Crippen molar-refractivity contribution < 1.29 is 0 Å². The molecule has 0 fully saturated rings. The molecule has 0 spiro atoms. The van der Waals surface area contributed by atoms with Crippen LogP contribution in [0.3, 0.4) is 0 Å². The third-order valence-corrected chi connectivity index (χ3v) is 4.25. The maximum Gasteiger partial charge on any atom is 0.332 e. The predicted molar refractivity (Wildman–Crippen MR) is 96.3 cm³/mol. The Labute approximate surface area is 144 Å². The van der Waals surface area contributed by atoms with Crippen LogP contribution in [-0.4, -0.2) is 28.5 Å². The average molecular weight is 342 g/mol. The molecule has 0 radical (unpaired) electrons. The summed E-state index contributed by atoms with van der Waals surface area (Å²) in [6, 6.07) is 1.95. The zero-order valence-electron chi connectivity index (χ0n) is 15.1. The summed E-state index contributed by atoms with van der Waals surface area (Å²) in [6.45, 7) is 8.41. The third-order valence-electron chi connectivity index (χ3n) is 4.25. The summed E-state index contributed by atoms with van der Waals surface area (Å²) in [5.74, 6) is 0.541. The topological polar surface area (TPSA) is 79.6 Å². The lowest BCUT2D eigenvalue weighted by Crippen LogP contribution is -2.39. The van der Waals surface area contributed by atoms with Gasteiger partial charge in [0.05, 0.1) is 5.69 Å². The first-order valence-corrected chi connectivity index (χ1v) is 8.25. The second-order valence-corrected chi connectivity index (χ2v) is 5.99. The Balaban J connectivity index is 2.43. The number of hydrogen-bond donors (Lipinski definition) is 0. The van der Waals surface area contributed by atoms with E-state index in [1.54, 1.807) is 17.8 Å². The minimum absolute atomic E-state index is 0.238. The monoisotopic (exact) mass is 342 g/mol. The molecule has 8 heteroatoms. The molecule has 0 bridgehead atoms. The van der Waals surface area contributed by atoms with E-state index in [1.807, 2.05) is 44.4 Å². The van der Waals surface area contributed by atoms with Crippen LogP contribution in [0.4, 0.5) is 0 Å². The normalized spacial score (nSPS) is 11.9. The first kappa shape index (κ1) is 16.9. The number of aromatic nitrogens is 6. The quantitative estimate of drug-likeness (QED) is 0.669. The summed E-state index contributed by atoms with van der Waals surface area (Å²) in [6.07, 6.45) is 3.59. The van der Waals surface area contributed by atoms with Crippen molar-refractivity contribution >= 4 is 11.2 Å². The minimum atomic E-state index is -0.378. The number of fused-ring (bicyclic) bond motifs is 1. The maximum atomic E-state index is 12.9. The van der Waals surface area contributed by atoms with Crippen molar-refractivity contribution in [3.63, 3.8) is 0 Å². The minimum Gasteiger partial charge on any atom is -0.303 e. The van der Waals surface area contributed by atoms with E-state index in [1.165, 1.54) is 9.13 Å². The summed E-state index contributed by atoms with van der Waals surface area (Å²) in [5, 5.41) is 4.46. The van der Waals surface area contributed by atoms with Crippen LogP contribution in [0.2, 0.25) is 0 Å². The first-order chi connectivity index (χ1) is 11.9. The summed E-state index contributed by atoms with van der Waals surface area (Å²) in [7, 11) is 1.63. The highest BCUT2D eigenvalue weighted by atomic mass is 16.2. The van der Waals surface area contributed by atoms with E-state index in [4.69, 9.17) is 0 Å². The fraction of sp³-hybridized carbons (Fsp3) is 0.412. The van der Waals surface area contributed by atoms with Crippen molar-refractivity contribution in [2.45, 2.75) is 40.8 Å². The van der Waals surface area contributed by atoms with E-state index in [0.717, 1.165) is 11.4 Å². The van der Waals surface area contributed by atoms with Crippen LogP contribution < -0.4 is 11.2 Å². The highest BCUT2D eigenvalue weighted by Gasteiger charge is 2.21. The van der Waals surface area contributed by atoms with Crippen molar-refractivity contribution in [3.05, 3.63) is 50.4 Å². The number of hydrogen-bond acceptors (Lipinski definition) is 4. The smallest absolute Gasteiger partial charge is 0.303 e. The molecule has 25 heavy (non-hydrogen) atoms. The fourth-order valence-electron chi connectivity index (χ4n) is 3.02. The van der Waals surface area contributed by atoms with Gasteiger partial charge in [-0.1, -0.05) is 12.2 Å². The van der Waals surface area contributed by atoms with Crippen LogP contribution in [-0.2, 0) is 20.1 Å². The van der Waals surface area contributed by atoms with Gasteiger partial charge in [0.25, 0.3) is 5.56 Å². The number of aryl methyl sites for hydroxylation is 4. The molecule has 0 amide bonds. The van der Waals surface area contributed by atoms with Gasteiger partial charge < -0.3 is 4.57 Å². The van der Waals surface area contributed by atoms with E-state index in [2.05, 4.69) is 10.1 Å². The van der Waals surface area contributed by atoms with Crippen molar-refractivity contribution in [1.82, 2.24) is 28.5 Å². The van der Waals surface area contributed by atoms with Gasteiger partial charge in [0.1, 0.15) is 0 Å². The Morgan fingerprint density at radius 3 is 2.48 bits per heavy atom. The molecule has 132 valence electrons. The van der Waals surface area contributed by atoms with Gasteiger partial charge in [-0.15, -0.1) is 0 Å². The molecule has 3 rings (SSSR count). The second-order valence-electron chi connectivity index (χ2n) is 5.99. The molecule has 0 N–H and O–H groups in total. The maximum absolute atomic E-state index is 12.9. The fourth-order valence-corrected chi connectivity index (χ4v) is 3.02. The van der Waals surface area contributed by atoms with Crippen molar-refractivity contribution in [3.8, 4) is 5.95 Å². The lowest BCUT2D eigenvalue weighted by molar-refractivity contribution is 0.657. The van der Waals surface area contributed by atoms with Gasteiger partial charge in [-0.25, -0.2) is 9.48 Å². The lowest BCUT2D eigenvalue weighted by Gasteiger charge is -2.08. The molecular formula is C17H22N6O2. The standard InChI is InChI=1S/C17H22N6O2/c1-6-8-9-22-15(24)13-14(20(5)17(22)25)18-16(21(13)7-2)23-12(4)10-11(3)19-23/h6,8,10H,7,9H2,1-5H3. The van der Waals surface area contributed by atoms with E-state index >= 15 is 0 Å². The van der Waals surface area contributed by atoms with Gasteiger partial charge in [-0.2, -0.15) is 10.1 Å². The Morgan fingerprint density at radius 2 is 1.92 bits per heavy atom. The van der Waals surface area contributed by atoms with Gasteiger partial charge in [-0.05, 0) is 33.8 Å². The van der Waals surface area contributed by atoms with Crippen LogP contribution in [0, 0.1) is 13.8 Å². The Morgan fingerprint density at radius 1 is 1.20 bits per heavy atom. The summed E-state index contributed by atoms with van der Waals surface area (Å²) in [4.78, 5) is 30.1. The zero-order chi connectivity index (χ0) is 18.3. The van der Waals surface area contributed by atoms with Gasteiger partial charge in [0, 0.05) is 25.8 Å². The Hall–Kier alpha value is -2.90. The largest absolute Gasteiger partial charge is 0.332 e. The van der Waals surface area contributed by atoms with E-state index in [9.17, 15) is 9.59 Å². The first-order valence-electron chi connectivity index (χ1n) is 8.25. The molecule has 3 aromatic heterocycles. The van der Waals surface area contributed by atoms with Crippen LogP contribution in [0.25, 0.3) is 17.1 Å². The zero-order valence-corrected chi connectivity index (χ0v) is 15.1. The molecular weight excluding hydrogens is 320 g/mol. The average Bonchev–Trinajstić information content (AvgIpc) is 3.12. The number of rotatable bonds is 4. The van der Waals surface area contributed by atoms with Crippen LogP contribution >= 0.6 is 0 Å². The van der Waals surface area contributed by atoms with Crippen LogP contribution in [0.1, 0.15) is 25.2 Å². The van der Waals surface area contributed by atoms with Crippen molar-refractivity contribution in [1.29, 1.82) is 0 Å². The van der Waals surface area contributed by atoms with Gasteiger partial charge in [-0.3, -0.25) is 13.9 Å². The molecule has 0 atom stereocenters. The van der Waals surface area contributed by atoms with E-state index in [-0.39, 0.29) is 17.8 Å². The molecule has 3 aromatic rings. The summed E-state index contributed by atoms with van der Waals surface area (Å²) < 4.78 is 6.16. The van der Waals surface area contributed by atoms with Crippen molar-refractivity contribution in [2.75, 3.05) is 0 Å². The Kier molecular flexibility index (Phi) is 4.20. The van der Waals surface area contributed by atoms with Crippen LogP contribution in [0.5, 0.6) is 0 Å². The molecule has 0 aliphatic rings. The van der Waals surface area contributed by atoms with E-state index in [0.29, 0.717) is 23.7 Å². The predicted octanol–water partition coefficient (Wildman–Crippen LogP) is 1.30. The van der Waals surface area contributed by atoms with Gasteiger partial charge in [0.2, 0.25) is 5.95 Å². The summed E-state index contributed by atoms with van der Waals surface area (Å²) >= 11 is 0. The van der Waals surface area contributed by atoms with Gasteiger partial charge >= 0.3 is 5.69 Å². The molecule has 8 nitrogen and oxygen atoms in total. The lowest BCUT2D eigenvalue weighted by atomic mass is 10.4. The molecule has 0 saturated heterocycles. The second kappa shape index (κ2) is 6.19. The molecule has 0 aliphatic carbocycles. The third kappa shape index (κ3) is 2.54. The van der Waals surface area contributed by atoms with Crippen LogP contribution in [0.15, 0.2) is 27.8 Å². The SMILES string of the molecule is CC=CCn1c(=O)c2c(nc(-n3nc(C)cc3C)n2CC)n(C)c1=O. The van der Waals surface area contributed by atoms with E-state index < -0.39 is 0 Å². The summed E-state index contributed by atoms with van der Waals surface area (Å²) in [5.41, 5.74) is 1.86. The highest BCUT2D eigenvalue weighted by Crippen LogP contribution is 2.17. The number of allylic oxidation sites excluding steroid dienone is 2. The molecule has 0 aliphatic heterocycles. The van der Waals surface area contributed by atoms with Crippen molar-refractivity contribution in [2.24, 2.45) is 7.05 Å². The Bertz CT molecular complexity index is 1090. The molecule has 3 heterocycles. The van der Waals surface area contributed by atoms with Gasteiger partial charge in [0.15, 0.2) is 11.2 Å². The molecule has 0 saturated carbocycles. The number of imidazole rings is 1. The highest BCUT2D eigenvalue weighted by molar-refractivity contribution is 5.72.